The number of amides is 1. The first kappa shape index (κ1) is 14.2. The van der Waals surface area contributed by atoms with E-state index in [4.69, 9.17) is 9.63 Å². The summed E-state index contributed by atoms with van der Waals surface area (Å²) in [6, 6.07) is 2.85. The average Bonchev–Trinajstić information content (AvgIpc) is 3.07. The molecule has 106 valence electrons. The molecule has 2 aromatic rings. The van der Waals surface area contributed by atoms with E-state index in [0.29, 0.717) is 11.7 Å². The molecule has 0 saturated heterocycles. The number of nitrogens with zero attached hydrogens (tertiary/aromatic N) is 2. The van der Waals surface area contributed by atoms with Crippen molar-refractivity contribution in [2.24, 2.45) is 0 Å². The lowest BCUT2D eigenvalue weighted by Gasteiger charge is -2.07. The summed E-state index contributed by atoms with van der Waals surface area (Å²) in [5.74, 6) is -0.590. The van der Waals surface area contributed by atoms with Gasteiger partial charge in [0, 0.05) is 12.8 Å². The molecule has 0 saturated carbocycles. The Morgan fingerprint density at radius 3 is 3.00 bits per heavy atom. The van der Waals surface area contributed by atoms with Gasteiger partial charge in [0.25, 0.3) is 0 Å². The molecular weight excluding hydrogens is 282 g/mol. The molecule has 2 aromatic heterocycles. The molecule has 1 amide bonds. The van der Waals surface area contributed by atoms with Crippen LogP contribution < -0.4 is 5.32 Å². The monoisotopic (exact) mass is 295 g/mol. The molecule has 20 heavy (non-hydrogen) atoms. The maximum Gasteiger partial charge on any atom is 0.325 e. The number of hydrogen-bond donors (Lipinski definition) is 2. The van der Waals surface area contributed by atoms with Gasteiger partial charge in [-0.2, -0.15) is 4.98 Å². The molecule has 0 aliphatic heterocycles. The molecule has 2 N–H and O–H groups in total. The Bertz CT molecular complexity index is 594. The topological polar surface area (TPSA) is 105 Å². The highest BCUT2D eigenvalue weighted by Gasteiger charge is 2.15. The van der Waals surface area contributed by atoms with Gasteiger partial charge in [0.1, 0.15) is 6.04 Å². The zero-order chi connectivity index (χ0) is 14.5. The van der Waals surface area contributed by atoms with Crippen LogP contribution in [0.1, 0.15) is 19.2 Å². The van der Waals surface area contributed by atoms with Gasteiger partial charge in [-0.3, -0.25) is 9.59 Å². The summed E-state index contributed by atoms with van der Waals surface area (Å²) in [6.07, 6.45) is 0.375. The number of hydrogen-bond acceptors (Lipinski definition) is 6. The minimum atomic E-state index is -1.07. The van der Waals surface area contributed by atoms with Crippen molar-refractivity contribution in [3.8, 4) is 10.7 Å². The fourth-order valence-electron chi connectivity index (χ4n) is 1.46. The number of carboxylic acid groups (broad SMARTS) is 1. The van der Waals surface area contributed by atoms with Crippen molar-refractivity contribution in [3.63, 3.8) is 0 Å². The summed E-state index contributed by atoms with van der Waals surface area (Å²) in [5.41, 5.74) is 0. The lowest BCUT2D eigenvalue weighted by Crippen LogP contribution is -2.38. The van der Waals surface area contributed by atoms with Gasteiger partial charge in [0.05, 0.1) is 4.88 Å². The van der Waals surface area contributed by atoms with Crippen LogP contribution in [0.4, 0.5) is 0 Å². The van der Waals surface area contributed by atoms with Gasteiger partial charge in [0.2, 0.25) is 17.6 Å². The largest absolute Gasteiger partial charge is 0.480 e. The second kappa shape index (κ2) is 6.29. The van der Waals surface area contributed by atoms with E-state index in [-0.39, 0.29) is 18.7 Å². The van der Waals surface area contributed by atoms with Gasteiger partial charge in [-0.05, 0) is 18.4 Å². The number of thiophene rings is 1. The van der Waals surface area contributed by atoms with E-state index in [0.717, 1.165) is 4.88 Å². The fraction of sp³-hybridized carbons (Fsp3) is 0.333. The number of carboxylic acids is 1. The number of carbonyl (C=O) groups excluding carboxylic acids is 1. The van der Waals surface area contributed by atoms with Crippen LogP contribution in [0.15, 0.2) is 22.0 Å². The van der Waals surface area contributed by atoms with E-state index in [9.17, 15) is 9.59 Å². The van der Waals surface area contributed by atoms with E-state index in [1.165, 1.54) is 18.3 Å². The van der Waals surface area contributed by atoms with Crippen LogP contribution >= 0.6 is 11.3 Å². The van der Waals surface area contributed by atoms with E-state index >= 15 is 0 Å². The van der Waals surface area contributed by atoms with Crippen LogP contribution in [-0.2, 0) is 16.0 Å². The molecule has 0 aromatic carbocycles. The van der Waals surface area contributed by atoms with Crippen LogP contribution in [0.3, 0.4) is 0 Å². The van der Waals surface area contributed by atoms with Crippen LogP contribution in [0.25, 0.3) is 10.7 Å². The number of aliphatic carboxylic acids is 1. The second-order valence-electron chi connectivity index (χ2n) is 4.12. The Kier molecular flexibility index (Phi) is 4.46. The lowest BCUT2D eigenvalue weighted by atomic mass is 10.2. The number of aromatic nitrogens is 2. The molecule has 7 nitrogen and oxygen atoms in total. The maximum atomic E-state index is 11.5. The summed E-state index contributed by atoms with van der Waals surface area (Å²) < 4.78 is 5.04. The quantitative estimate of drug-likeness (QED) is 0.832. The first-order chi connectivity index (χ1) is 9.56. The third-order valence-corrected chi connectivity index (χ3v) is 3.39. The summed E-state index contributed by atoms with van der Waals surface area (Å²) in [6.45, 7) is 1.40. The van der Waals surface area contributed by atoms with Crippen LogP contribution in [0.5, 0.6) is 0 Å². The lowest BCUT2D eigenvalue weighted by molar-refractivity contribution is -0.141. The molecule has 2 rings (SSSR count). The second-order valence-corrected chi connectivity index (χ2v) is 5.06. The zero-order valence-corrected chi connectivity index (χ0v) is 11.5. The van der Waals surface area contributed by atoms with Crippen molar-refractivity contribution in [1.29, 1.82) is 0 Å². The Morgan fingerprint density at radius 1 is 1.55 bits per heavy atom. The number of carbonyl (C=O) groups is 2. The van der Waals surface area contributed by atoms with Crippen molar-refractivity contribution in [1.82, 2.24) is 15.5 Å². The molecule has 1 unspecified atom stereocenters. The van der Waals surface area contributed by atoms with E-state index in [1.54, 1.807) is 0 Å². The third kappa shape index (κ3) is 3.64. The minimum Gasteiger partial charge on any atom is -0.480 e. The van der Waals surface area contributed by atoms with Gasteiger partial charge in [0.15, 0.2) is 0 Å². The van der Waals surface area contributed by atoms with Crippen LogP contribution in [0.2, 0.25) is 0 Å². The van der Waals surface area contributed by atoms with Crippen molar-refractivity contribution >= 4 is 23.2 Å². The molecule has 8 heteroatoms. The standard InChI is InChI=1S/C12H13N3O4S/c1-7(12(17)18)13-9(16)4-5-10-14-11(15-19-10)8-3-2-6-20-8/h2-3,6-7H,4-5H2,1H3,(H,13,16)(H,17,18). The zero-order valence-electron chi connectivity index (χ0n) is 10.7. The van der Waals surface area contributed by atoms with E-state index < -0.39 is 12.0 Å². The Labute approximate surface area is 118 Å². The van der Waals surface area contributed by atoms with E-state index in [2.05, 4.69) is 15.5 Å². The third-order valence-electron chi connectivity index (χ3n) is 2.52. The molecule has 0 spiro atoms. The molecule has 0 aliphatic carbocycles. The van der Waals surface area contributed by atoms with Crippen molar-refractivity contribution < 1.29 is 19.2 Å². The Hall–Kier alpha value is -2.22. The number of aryl methyl sites for hydroxylation is 1. The SMILES string of the molecule is CC(NC(=O)CCc1nc(-c2cccs2)no1)C(=O)O. The first-order valence-electron chi connectivity index (χ1n) is 5.95. The molecule has 2 heterocycles. The van der Waals surface area contributed by atoms with Crippen molar-refractivity contribution in [2.75, 3.05) is 0 Å². The highest BCUT2D eigenvalue weighted by Crippen LogP contribution is 2.21. The molecule has 0 aliphatic rings. The fourth-order valence-corrected chi connectivity index (χ4v) is 2.11. The normalized spacial score (nSPS) is 12.1. The molecule has 0 radical (unpaired) electrons. The van der Waals surface area contributed by atoms with Gasteiger partial charge in [-0.1, -0.05) is 11.2 Å². The highest BCUT2D eigenvalue weighted by atomic mass is 32.1. The van der Waals surface area contributed by atoms with Gasteiger partial charge >= 0.3 is 5.97 Å². The summed E-state index contributed by atoms with van der Waals surface area (Å²) in [7, 11) is 0. The predicted molar refractivity (Wildman–Crippen MR) is 71.2 cm³/mol. The van der Waals surface area contributed by atoms with Crippen molar-refractivity contribution in [3.05, 3.63) is 23.4 Å². The Morgan fingerprint density at radius 2 is 2.35 bits per heavy atom. The average molecular weight is 295 g/mol. The smallest absolute Gasteiger partial charge is 0.325 e. The first-order valence-corrected chi connectivity index (χ1v) is 6.83. The van der Waals surface area contributed by atoms with Gasteiger partial charge in [-0.25, -0.2) is 0 Å². The number of rotatable bonds is 6. The van der Waals surface area contributed by atoms with Crippen molar-refractivity contribution in [2.45, 2.75) is 25.8 Å². The van der Waals surface area contributed by atoms with Gasteiger partial charge in [-0.15, -0.1) is 11.3 Å². The van der Waals surface area contributed by atoms with E-state index in [1.807, 2.05) is 17.5 Å². The summed E-state index contributed by atoms with van der Waals surface area (Å²) in [4.78, 5) is 27.2. The summed E-state index contributed by atoms with van der Waals surface area (Å²) in [5, 5.41) is 16.8. The molecule has 1 atom stereocenters. The number of nitrogens with one attached hydrogen (secondary N) is 1. The molecule has 0 fully saturated rings. The van der Waals surface area contributed by atoms with Crippen LogP contribution in [-0.4, -0.2) is 33.2 Å². The van der Waals surface area contributed by atoms with Crippen LogP contribution in [0, 0.1) is 0 Å². The Balaban J connectivity index is 1.86. The predicted octanol–water partition coefficient (Wildman–Crippen LogP) is 1.32. The molecule has 0 bridgehead atoms. The summed E-state index contributed by atoms with van der Waals surface area (Å²) >= 11 is 1.50. The minimum absolute atomic E-state index is 0.101. The molecular formula is C12H13N3O4S. The van der Waals surface area contributed by atoms with Gasteiger partial charge < -0.3 is 14.9 Å². The maximum absolute atomic E-state index is 11.5. The highest BCUT2D eigenvalue weighted by molar-refractivity contribution is 7.13.